The highest BCUT2D eigenvalue weighted by Gasteiger charge is 2.32. The molecule has 0 heterocycles. The lowest BCUT2D eigenvalue weighted by molar-refractivity contribution is 0.102. The second kappa shape index (κ2) is 4.30. The molecule has 1 aliphatic rings. The summed E-state index contributed by atoms with van der Waals surface area (Å²) in [5.41, 5.74) is 0. The van der Waals surface area contributed by atoms with Gasteiger partial charge in [0.05, 0.1) is 0 Å². The van der Waals surface area contributed by atoms with E-state index in [1.54, 1.807) is 0 Å². The molecule has 1 unspecified atom stereocenters. The molecule has 72 valence electrons. The monoisotopic (exact) mass is 168 g/mol. The summed E-state index contributed by atoms with van der Waals surface area (Å²) in [6.45, 7) is 9.53. The molecule has 0 bridgehead atoms. The van der Waals surface area contributed by atoms with Crippen LogP contribution in [0.1, 0.15) is 53.4 Å². The Morgan fingerprint density at radius 3 is 2.00 bits per heavy atom. The fraction of sp³-hybridized carbons (Fsp3) is 1.00. The van der Waals surface area contributed by atoms with Gasteiger partial charge < -0.3 is 0 Å². The van der Waals surface area contributed by atoms with E-state index >= 15 is 0 Å². The minimum atomic E-state index is 0.983. The molecule has 1 saturated carbocycles. The van der Waals surface area contributed by atoms with Crippen molar-refractivity contribution in [1.29, 1.82) is 0 Å². The Balaban J connectivity index is 2.30. The summed E-state index contributed by atoms with van der Waals surface area (Å²) in [5.74, 6) is 4.05. The molecule has 0 aromatic carbocycles. The van der Waals surface area contributed by atoms with Crippen molar-refractivity contribution in [3.63, 3.8) is 0 Å². The molecule has 0 spiro atoms. The molecule has 0 amide bonds. The Labute approximate surface area is 77.7 Å². The van der Waals surface area contributed by atoms with E-state index in [0.29, 0.717) is 0 Å². The van der Waals surface area contributed by atoms with Gasteiger partial charge in [-0.2, -0.15) is 0 Å². The van der Waals surface area contributed by atoms with Crippen LogP contribution in [0.25, 0.3) is 0 Å². The Bertz CT molecular complexity index is 118. The first-order valence-corrected chi connectivity index (χ1v) is 5.69. The van der Waals surface area contributed by atoms with Gasteiger partial charge in [0.2, 0.25) is 0 Å². The number of hydrogen-bond acceptors (Lipinski definition) is 0. The molecular weight excluding hydrogens is 144 g/mol. The van der Waals surface area contributed by atoms with Crippen molar-refractivity contribution in [2.75, 3.05) is 0 Å². The quantitative estimate of drug-likeness (QED) is 0.592. The number of rotatable bonds is 4. The van der Waals surface area contributed by atoms with Crippen LogP contribution in [0, 0.1) is 23.7 Å². The van der Waals surface area contributed by atoms with Gasteiger partial charge in [0.25, 0.3) is 0 Å². The van der Waals surface area contributed by atoms with Crippen molar-refractivity contribution in [3.8, 4) is 0 Å². The molecule has 1 rings (SSSR count). The zero-order chi connectivity index (χ0) is 9.14. The fourth-order valence-electron chi connectivity index (χ4n) is 2.81. The van der Waals surface area contributed by atoms with Crippen LogP contribution in [0.2, 0.25) is 0 Å². The van der Waals surface area contributed by atoms with Gasteiger partial charge in [-0.15, -0.1) is 0 Å². The summed E-state index contributed by atoms with van der Waals surface area (Å²) in [4.78, 5) is 0. The van der Waals surface area contributed by atoms with E-state index in [0.717, 1.165) is 23.7 Å². The normalized spacial score (nSPS) is 31.8. The second-order valence-corrected chi connectivity index (χ2v) is 4.77. The second-order valence-electron chi connectivity index (χ2n) is 4.77. The molecule has 0 aliphatic heterocycles. The van der Waals surface area contributed by atoms with Gasteiger partial charge >= 0.3 is 0 Å². The highest BCUT2D eigenvalue weighted by molar-refractivity contribution is 4.82. The molecule has 0 radical (unpaired) electrons. The van der Waals surface area contributed by atoms with Crippen LogP contribution < -0.4 is 0 Å². The Hall–Kier alpha value is 0. The van der Waals surface area contributed by atoms with Crippen LogP contribution in [-0.2, 0) is 0 Å². The largest absolute Gasteiger partial charge is 0.0651 e. The fourth-order valence-corrected chi connectivity index (χ4v) is 2.81. The summed E-state index contributed by atoms with van der Waals surface area (Å²) in [6, 6.07) is 0. The van der Waals surface area contributed by atoms with E-state index in [1.165, 1.54) is 25.7 Å². The maximum atomic E-state index is 2.47. The molecule has 0 aromatic heterocycles. The first kappa shape index (κ1) is 10.1. The summed E-state index contributed by atoms with van der Waals surface area (Å²) in [7, 11) is 0. The molecule has 1 atom stereocenters. The van der Waals surface area contributed by atoms with Gasteiger partial charge in [0, 0.05) is 0 Å². The Morgan fingerprint density at radius 1 is 1.17 bits per heavy atom. The van der Waals surface area contributed by atoms with E-state index < -0.39 is 0 Å². The number of hydrogen-bond donors (Lipinski definition) is 0. The molecule has 0 aromatic rings. The third kappa shape index (κ3) is 2.02. The van der Waals surface area contributed by atoms with E-state index in [2.05, 4.69) is 27.7 Å². The van der Waals surface area contributed by atoms with Crippen molar-refractivity contribution in [3.05, 3.63) is 0 Å². The van der Waals surface area contributed by atoms with Crippen LogP contribution in [0.5, 0.6) is 0 Å². The molecule has 1 aliphatic carbocycles. The van der Waals surface area contributed by atoms with Crippen molar-refractivity contribution < 1.29 is 0 Å². The highest BCUT2D eigenvalue weighted by atomic mass is 14.4. The van der Waals surface area contributed by atoms with Crippen LogP contribution in [0.15, 0.2) is 0 Å². The van der Waals surface area contributed by atoms with Gasteiger partial charge in [0.15, 0.2) is 0 Å². The lowest BCUT2D eigenvalue weighted by atomic mass is 9.65. The lowest BCUT2D eigenvalue weighted by Crippen LogP contribution is -2.30. The van der Waals surface area contributed by atoms with E-state index in [9.17, 15) is 0 Å². The third-order valence-corrected chi connectivity index (χ3v) is 3.95. The van der Waals surface area contributed by atoms with Crippen molar-refractivity contribution >= 4 is 0 Å². The van der Waals surface area contributed by atoms with Gasteiger partial charge in [-0.3, -0.25) is 0 Å². The zero-order valence-corrected chi connectivity index (χ0v) is 9.14. The van der Waals surface area contributed by atoms with Crippen LogP contribution >= 0.6 is 0 Å². The Kier molecular flexibility index (Phi) is 3.61. The maximum Gasteiger partial charge on any atom is -0.0381 e. The minimum Gasteiger partial charge on any atom is -0.0651 e. The van der Waals surface area contributed by atoms with Crippen molar-refractivity contribution in [2.24, 2.45) is 23.7 Å². The maximum absolute atomic E-state index is 2.47. The smallest absolute Gasteiger partial charge is 0.0381 e. The lowest BCUT2D eigenvalue weighted by Gasteiger charge is -2.40. The van der Waals surface area contributed by atoms with E-state index in [4.69, 9.17) is 0 Å². The molecule has 12 heavy (non-hydrogen) atoms. The first-order chi connectivity index (χ1) is 5.69. The first-order valence-electron chi connectivity index (χ1n) is 5.69. The highest BCUT2D eigenvalue weighted by Crippen LogP contribution is 2.42. The predicted octanol–water partition coefficient (Wildman–Crippen LogP) is 4.10. The Morgan fingerprint density at radius 2 is 1.67 bits per heavy atom. The standard InChI is InChI=1S/C12H24/c1-5-11(6-2)10(4)12-7-9(3)8-12/h9-12H,5-8H2,1-4H3. The topological polar surface area (TPSA) is 0 Å². The average molecular weight is 168 g/mol. The van der Waals surface area contributed by atoms with E-state index in [-0.39, 0.29) is 0 Å². The van der Waals surface area contributed by atoms with Gasteiger partial charge in [-0.25, -0.2) is 0 Å². The minimum absolute atomic E-state index is 0.983. The van der Waals surface area contributed by atoms with Crippen LogP contribution in [0.3, 0.4) is 0 Å². The van der Waals surface area contributed by atoms with Gasteiger partial charge in [0.1, 0.15) is 0 Å². The summed E-state index contributed by atoms with van der Waals surface area (Å²) >= 11 is 0. The SMILES string of the molecule is CCC(CC)C(C)C1CC(C)C1. The summed E-state index contributed by atoms with van der Waals surface area (Å²) < 4.78 is 0. The third-order valence-electron chi connectivity index (χ3n) is 3.95. The molecule has 1 fully saturated rings. The van der Waals surface area contributed by atoms with Crippen molar-refractivity contribution in [2.45, 2.75) is 53.4 Å². The molecule has 0 N–H and O–H groups in total. The molecule has 0 heteroatoms. The van der Waals surface area contributed by atoms with Crippen LogP contribution in [0.4, 0.5) is 0 Å². The van der Waals surface area contributed by atoms with E-state index in [1.807, 2.05) is 0 Å². The summed E-state index contributed by atoms with van der Waals surface area (Å²) in [5, 5.41) is 0. The molecular formula is C12H24. The van der Waals surface area contributed by atoms with Gasteiger partial charge in [-0.1, -0.05) is 40.5 Å². The van der Waals surface area contributed by atoms with Crippen molar-refractivity contribution in [1.82, 2.24) is 0 Å². The molecule has 0 saturated heterocycles. The van der Waals surface area contributed by atoms with Gasteiger partial charge in [-0.05, 0) is 36.5 Å². The zero-order valence-electron chi connectivity index (χ0n) is 9.14. The average Bonchev–Trinajstić information content (AvgIpc) is 2.01. The summed E-state index contributed by atoms with van der Waals surface area (Å²) in [6.07, 6.45) is 5.75. The van der Waals surface area contributed by atoms with Crippen LogP contribution in [-0.4, -0.2) is 0 Å². The molecule has 0 nitrogen and oxygen atoms in total. The predicted molar refractivity (Wildman–Crippen MR) is 55.1 cm³/mol.